The van der Waals surface area contributed by atoms with E-state index >= 15 is 0 Å². The number of aryl methyl sites for hydroxylation is 1. The Bertz CT molecular complexity index is 1190. The number of thiazole rings is 1. The Hall–Kier alpha value is -3.11. The molecule has 3 aromatic rings. The third-order valence-electron chi connectivity index (χ3n) is 4.27. The number of nitrogens with zero attached hydrogens (tertiary/aromatic N) is 1. The Morgan fingerprint density at radius 3 is 2.69 bits per heavy atom. The lowest BCUT2D eigenvalue weighted by molar-refractivity contribution is -0.118. The number of fused-ring (bicyclic) bond motifs is 1. The fourth-order valence-electron chi connectivity index (χ4n) is 2.87. The number of hydrogen-bond donors (Lipinski definition) is 2. The van der Waals surface area contributed by atoms with E-state index < -0.39 is 10.0 Å². The van der Waals surface area contributed by atoms with Gasteiger partial charge in [-0.2, -0.15) is 0 Å². The highest BCUT2D eigenvalue weighted by atomic mass is 32.2. The van der Waals surface area contributed by atoms with Crippen molar-refractivity contribution in [3.05, 3.63) is 47.3 Å². The normalized spacial score (nSPS) is 13.2. The van der Waals surface area contributed by atoms with E-state index in [0.717, 1.165) is 10.4 Å². The molecule has 10 heteroatoms. The van der Waals surface area contributed by atoms with E-state index in [1.54, 1.807) is 24.3 Å². The van der Waals surface area contributed by atoms with Gasteiger partial charge >= 0.3 is 0 Å². The Labute approximate surface area is 171 Å². The summed E-state index contributed by atoms with van der Waals surface area (Å²) in [5.41, 5.74) is 1.94. The van der Waals surface area contributed by atoms with E-state index in [-0.39, 0.29) is 22.5 Å². The molecule has 4 rings (SSSR count). The van der Waals surface area contributed by atoms with Crippen LogP contribution in [-0.4, -0.2) is 33.0 Å². The van der Waals surface area contributed by atoms with E-state index in [9.17, 15) is 13.2 Å². The molecule has 8 nitrogen and oxygen atoms in total. The number of carbonyl (C=O) groups is 1. The number of nitrogens with one attached hydrogen (secondary N) is 2. The maximum absolute atomic E-state index is 12.6. The predicted octanol–water partition coefficient (Wildman–Crippen LogP) is 3.26. The van der Waals surface area contributed by atoms with E-state index in [2.05, 4.69) is 15.0 Å². The van der Waals surface area contributed by atoms with Gasteiger partial charge in [-0.3, -0.25) is 9.52 Å². The molecule has 0 atom stereocenters. The zero-order valence-electron chi connectivity index (χ0n) is 15.6. The first-order chi connectivity index (χ1) is 13.9. The van der Waals surface area contributed by atoms with E-state index in [1.807, 2.05) is 13.0 Å². The molecule has 0 aliphatic carbocycles. The molecule has 0 radical (unpaired) electrons. The smallest absolute Gasteiger partial charge is 0.263 e. The maximum atomic E-state index is 12.6. The van der Waals surface area contributed by atoms with Gasteiger partial charge in [-0.05, 0) is 49.4 Å². The minimum Gasteiger partial charge on any atom is -0.497 e. The molecule has 2 heterocycles. The summed E-state index contributed by atoms with van der Waals surface area (Å²) in [5, 5.41) is 3.01. The average molecular weight is 431 g/mol. The van der Waals surface area contributed by atoms with E-state index in [4.69, 9.17) is 9.47 Å². The van der Waals surface area contributed by atoms with Gasteiger partial charge in [0.15, 0.2) is 11.7 Å². The van der Waals surface area contributed by atoms with Crippen LogP contribution in [0.5, 0.6) is 11.5 Å². The van der Waals surface area contributed by atoms with Crippen LogP contribution < -0.4 is 19.5 Å². The Morgan fingerprint density at radius 2 is 1.97 bits per heavy atom. The molecular formula is C19H17N3O5S2. The second-order valence-corrected chi connectivity index (χ2v) is 9.14. The molecule has 1 aromatic heterocycles. The third kappa shape index (κ3) is 3.89. The van der Waals surface area contributed by atoms with Crippen LogP contribution >= 0.6 is 11.3 Å². The fourth-order valence-corrected chi connectivity index (χ4v) is 4.94. The lowest BCUT2D eigenvalue weighted by Crippen LogP contribution is -2.25. The molecule has 2 N–H and O–H groups in total. The topological polar surface area (TPSA) is 107 Å². The molecule has 0 bridgehead atoms. The van der Waals surface area contributed by atoms with Gasteiger partial charge in [0.1, 0.15) is 11.5 Å². The lowest BCUT2D eigenvalue weighted by Gasteiger charge is -2.18. The first-order valence-electron chi connectivity index (χ1n) is 8.57. The Morgan fingerprint density at radius 1 is 1.21 bits per heavy atom. The summed E-state index contributed by atoms with van der Waals surface area (Å²) in [6, 6.07) is 11.4. The molecule has 1 aliphatic heterocycles. The van der Waals surface area contributed by atoms with Crippen LogP contribution in [0.3, 0.4) is 0 Å². The van der Waals surface area contributed by atoms with E-state index in [1.165, 1.54) is 30.6 Å². The van der Waals surface area contributed by atoms with Crippen LogP contribution in [0.25, 0.3) is 11.3 Å². The Balaban J connectivity index is 1.61. The van der Waals surface area contributed by atoms with E-state index in [0.29, 0.717) is 22.9 Å². The second kappa shape index (κ2) is 7.37. The number of methoxy groups -OCH3 is 1. The summed E-state index contributed by atoms with van der Waals surface area (Å²) in [6.45, 7) is 1.84. The minimum absolute atomic E-state index is 0.0145. The summed E-state index contributed by atoms with van der Waals surface area (Å²) in [6.07, 6.45) is 0. The largest absolute Gasteiger partial charge is 0.497 e. The first-order valence-corrected chi connectivity index (χ1v) is 10.9. The zero-order chi connectivity index (χ0) is 20.6. The summed E-state index contributed by atoms with van der Waals surface area (Å²) >= 11 is 1.23. The first kappa shape index (κ1) is 19.2. The van der Waals surface area contributed by atoms with Gasteiger partial charge in [-0.15, -0.1) is 11.3 Å². The number of sulfonamides is 1. The van der Waals surface area contributed by atoms with Crippen LogP contribution in [0, 0.1) is 6.92 Å². The van der Waals surface area contributed by atoms with Crippen molar-refractivity contribution in [1.82, 2.24) is 4.98 Å². The highest BCUT2D eigenvalue weighted by Gasteiger charge is 2.20. The molecule has 1 amide bonds. The molecule has 150 valence electrons. The van der Waals surface area contributed by atoms with Crippen molar-refractivity contribution < 1.29 is 22.7 Å². The van der Waals surface area contributed by atoms with Crippen LogP contribution in [0.1, 0.15) is 4.88 Å². The van der Waals surface area contributed by atoms with Gasteiger partial charge in [0.2, 0.25) is 0 Å². The van der Waals surface area contributed by atoms with Crippen molar-refractivity contribution in [2.75, 3.05) is 23.8 Å². The SMILES string of the molecule is COc1ccc(S(=O)(=O)Nc2nc(-c3ccc4c(c3)NC(=O)CO4)c(C)s2)cc1. The fraction of sp³-hybridized carbons (Fsp3) is 0.158. The molecule has 0 saturated carbocycles. The van der Waals surface area contributed by atoms with Gasteiger partial charge < -0.3 is 14.8 Å². The minimum atomic E-state index is -3.78. The van der Waals surface area contributed by atoms with Crippen LogP contribution in [0.4, 0.5) is 10.8 Å². The van der Waals surface area contributed by atoms with Crippen molar-refractivity contribution >= 4 is 38.1 Å². The summed E-state index contributed by atoms with van der Waals surface area (Å²) < 4.78 is 38.2. The standard InChI is InChI=1S/C19H17N3O5S2/c1-11-18(12-3-8-16-15(9-12)20-17(23)10-27-16)21-19(28-11)22-29(24,25)14-6-4-13(26-2)5-7-14/h3-9H,10H2,1-2H3,(H,20,23)(H,21,22). The van der Waals surface area contributed by atoms with Gasteiger partial charge in [0.25, 0.3) is 15.9 Å². The molecule has 1 aliphatic rings. The number of benzene rings is 2. The predicted molar refractivity (Wildman–Crippen MR) is 110 cm³/mol. The second-order valence-electron chi connectivity index (χ2n) is 6.25. The highest BCUT2D eigenvalue weighted by molar-refractivity contribution is 7.93. The number of hydrogen-bond acceptors (Lipinski definition) is 7. The number of aromatic nitrogens is 1. The number of anilines is 2. The van der Waals surface area contributed by atoms with Crippen molar-refractivity contribution in [2.45, 2.75) is 11.8 Å². The summed E-state index contributed by atoms with van der Waals surface area (Å²) in [5.74, 6) is 0.930. The Kier molecular flexibility index (Phi) is 4.89. The van der Waals surface area contributed by atoms with Gasteiger partial charge in [0, 0.05) is 10.4 Å². The number of carbonyl (C=O) groups excluding carboxylic acids is 1. The van der Waals surface area contributed by atoms with Gasteiger partial charge in [-0.1, -0.05) is 0 Å². The highest BCUT2D eigenvalue weighted by Crippen LogP contribution is 2.36. The lowest BCUT2D eigenvalue weighted by atomic mass is 10.1. The molecule has 0 saturated heterocycles. The zero-order valence-corrected chi connectivity index (χ0v) is 17.2. The molecule has 0 spiro atoms. The molecular weight excluding hydrogens is 414 g/mol. The van der Waals surface area contributed by atoms with Crippen molar-refractivity contribution in [3.63, 3.8) is 0 Å². The molecule has 0 unspecified atom stereocenters. The van der Waals surface area contributed by atoms with Gasteiger partial charge in [-0.25, -0.2) is 13.4 Å². The summed E-state index contributed by atoms with van der Waals surface area (Å²) in [7, 11) is -2.27. The van der Waals surface area contributed by atoms with Crippen molar-refractivity contribution in [2.24, 2.45) is 0 Å². The third-order valence-corrected chi connectivity index (χ3v) is 6.64. The van der Waals surface area contributed by atoms with Crippen LogP contribution in [0.15, 0.2) is 47.4 Å². The van der Waals surface area contributed by atoms with Crippen LogP contribution in [0.2, 0.25) is 0 Å². The quantitative estimate of drug-likeness (QED) is 0.642. The van der Waals surface area contributed by atoms with Crippen LogP contribution in [-0.2, 0) is 14.8 Å². The average Bonchev–Trinajstić information content (AvgIpc) is 3.06. The van der Waals surface area contributed by atoms with Gasteiger partial charge in [0.05, 0.1) is 23.4 Å². The maximum Gasteiger partial charge on any atom is 0.263 e. The molecule has 2 aromatic carbocycles. The number of amides is 1. The molecule has 0 fully saturated rings. The van der Waals surface area contributed by atoms with Crippen molar-refractivity contribution in [1.29, 1.82) is 0 Å². The van der Waals surface area contributed by atoms with Crippen molar-refractivity contribution in [3.8, 4) is 22.8 Å². The summed E-state index contributed by atoms with van der Waals surface area (Å²) in [4.78, 5) is 16.9. The number of rotatable bonds is 5. The monoisotopic (exact) mass is 431 g/mol. The molecule has 29 heavy (non-hydrogen) atoms. The number of ether oxygens (including phenoxy) is 2.